The highest BCUT2D eigenvalue weighted by atomic mass is 16.6. The standard InChI is InChI=1S/C17H17N5O3/c1-10(2)21-16(6-7-18-21)17(23)20-15-8-11(3)19-14-5-4-12(22(24)25)9-13(14)15/h4-10H,1-3H3,(H,19,20,23). The predicted octanol–water partition coefficient (Wildman–Crippen LogP) is 3.48. The number of amides is 1. The molecule has 0 bridgehead atoms. The van der Waals surface area contributed by atoms with E-state index in [9.17, 15) is 14.9 Å². The number of aryl methyl sites for hydroxylation is 1. The Balaban J connectivity index is 2.05. The van der Waals surface area contributed by atoms with Crippen LogP contribution >= 0.6 is 0 Å². The molecule has 1 aromatic carbocycles. The Bertz CT molecular complexity index is 978. The van der Waals surface area contributed by atoms with Crippen molar-refractivity contribution in [2.45, 2.75) is 26.8 Å². The molecule has 0 fully saturated rings. The van der Waals surface area contributed by atoms with E-state index in [1.54, 1.807) is 36.0 Å². The van der Waals surface area contributed by atoms with Crippen LogP contribution in [0.1, 0.15) is 36.1 Å². The Hall–Kier alpha value is -3.29. The number of aromatic nitrogens is 3. The molecule has 8 heteroatoms. The Kier molecular flexibility index (Phi) is 4.18. The minimum atomic E-state index is -0.473. The van der Waals surface area contributed by atoms with Crippen molar-refractivity contribution >= 4 is 28.2 Å². The largest absolute Gasteiger partial charge is 0.320 e. The quantitative estimate of drug-likeness (QED) is 0.579. The molecule has 0 saturated heterocycles. The molecule has 0 atom stereocenters. The Morgan fingerprint density at radius 3 is 2.72 bits per heavy atom. The average molecular weight is 339 g/mol. The van der Waals surface area contributed by atoms with Crippen LogP contribution in [0.4, 0.5) is 11.4 Å². The van der Waals surface area contributed by atoms with E-state index in [-0.39, 0.29) is 17.6 Å². The van der Waals surface area contributed by atoms with Crippen molar-refractivity contribution in [3.05, 3.63) is 58.0 Å². The molecular weight excluding hydrogens is 322 g/mol. The lowest BCUT2D eigenvalue weighted by molar-refractivity contribution is -0.384. The van der Waals surface area contributed by atoms with Crippen molar-refractivity contribution in [3.63, 3.8) is 0 Å². The highest BCUT2D eigenvalue weighted by Gasteiger charge is 2.17. The summed E-state index contributed by atoms with van der Waals surface area (Å²) in [5.41, 5.74) is 2.13. The Morgan fingerprint density at radius 2 is 2.04 bits per heavy atom. The van der Waals surface area contributed by atoms with E-state index in [2.05, 4.69) is 15.4 Å². The van der Waals surface area contributed by atoms with E-state index < -0.39 is 4.92 Å². The van der Waals surface area contributed by atoms with Crippen LogP contribution in [0.3, 0.4) is 0 Å². The van der Waals surface area contributed by atoms with Gasteiger partial charge in [0.05, 0.1) is 16.1 Å². The lowest BCUT2D eigenvalue weighted by atomic mass is 10.1. The minimum Gasteiger partial charge on any atom is -0.320 e. The van der Waals surface area contributed by atoms with Crippen LogP contribution in [0, 0.1) is 17.0 Å². The van der Waals surface area contributed by atoms with Crippen LogP contribution in [0.2, 0.25) is 0 Å². The number of hydrogen-bond donors (Lipinski definition) is 1. The number of rotatable bonds is 4. The maximum absolute atomic E-state index is 12.6. The lowest BCUT2D eigenvalue weighted by Crippen LogP contribution is -2.19. The molecule has 0 aliphatic carbocycles. The highest BCUT2D eigenvalue weighted by Crippen LogP contribution is 2.27. The van der Waals surface area contributed by atoms with Crippen LogP contribution in [0.15, 0.2) is 36.5 Å². The van der Waals surface area contributed by atoms with Gasteiger partial charge in [0.2, 0.25) is 0 Å². The van der Waals surface area contributed by atoms with Gasteiger partial charge >= 0.3 is 0 Å². The van der Waals surface area contributed by atoms with Gasteiger partial charge < -0.3 is 5.32 Å². The van der Waals surface area contributed by atoms with Crippen molar-refractivity contribution in [3.8, 4) is 0 Å². The van der Waals surface area contributed by atoms with E-state index in [1.807, 2.05) is 13.8 Å². The molecule has 3 aromatic rings. The summed E-state index contributed by atoms with van der Waals surface area (Å²) in [4.78, 5) is 27.6. The number of pyridine rings is 1. The number of nitrogens with zero attached hydrogens (tertiary/aromatic N) is 4. The number of fused-ring (bicyclic) bond motifs is 1. The molecule has 0 aliphatic heterocycles. The van der Waals surface area contributed by atoms with Gasteiger partial charge in [-0.25, -0.2) is 0 Å². The molecule has 0 radical (unpaired) electrons. The van der Waals surface area contributed by atoms with Crippen LogP contribution in [-0.2, 0) is 0 Å². The van der Waals surface area contributed by atoms with Gasteiger partial charge in [-0.2, -0.15) is 5.10 Å². The first-order valence-electron chi connectivity index (χ1n) is 7.77. The predicted molar refractivity (Wildman–Crippen MR) is 93.7 cm³/mol. The average Bonchev–Trinajstić information content (AvgIpc) is 3.04. The number of carbonyl (C=O) groups excluding carboxylic acids is 1. The summed E-state index contributed by atoms with van der Waals surface area (Å²) in [7, 11) is 0. The topological polar surface area (TPSA) is 103 Å². The van der Waals surface area contributed by atoms with Gasteiger partial charge in [-0.05, 0) is 39.0 Å². The maximum atomic E-state index is 12.6. The Morgan fingerprint density at radius 1 is 1.28 bits per heavy atom. The summed E-state index contributed by atoms with van der Waals surface area (Å²) in [6.07, 6.45) is 1.57. The number of carbonyl (C=O) groups is 1. The van der Waals surface area contributed by atoms with Crippen LogP contribution in [0.25, 0.3) is 10.9 Å². The van der Waals surface area contributed by atoms with Crippen LogP contribution < -0.4 is 5.32 Å². The van der Waals surface area contributed by atoms with Crippen LogP contribution in [0.5, 0.6) is 0 Å². The van der Waals surface area contributed by atoms with E-state index in [0.29, 0.717) is 28.0 Å². The fourth-order valence-corrected chi connectivity index (χ4v) is 2.66. The fraction of sp³-hybridized carbons (Fsp3) is 0.235. The first-order chi connectivity index (χ1) is 11.9. The Labute approximate surface area is 143 Å². The van der Waals surface area contributed by atoms with Crippen molar-refractivity contribution in [1.29, 1.82) is 0 Å². The molecule has 0 aliphatic rings. The van der Waals surface area contributed by atoms with Gasteiger partial charge in [-0.3, -0.25) is 24.6 Å². The van der Waals surface area contributed by atoms with E-state index >= 15 is 0 Å². The van der Waals surface area contributed by atoms with E-state index in [4.69, 9.17) is 0 Å². The van der Waals surface area contributed by atoms with E-state index in [0.717, 1.165) is 0 Å². The van der Waals surface area contributed by atoms with Crippen molar-refractivity contribution in [2.75, 3.05) is 5.32 Å². The van der Waals surface area contributed by atoms with E-state index in [1.165, 1.54) is 12.1 Å². The maximum Gasteiger partial charge on any atom is 0.273 e. The smallest absolute Gasteiger partial charge is 0.273 e. The third kappa shape index (κ3) is 3.18. The molecule has 8 nitrogen and oxygen atoms in total. The van der Waals surface area contributed by atoms with Gasteiger partial charge in [0, 0.05) is 35.5 Å². The summed E-state index contributed by atoms with van der Waals surface area (Å²) in [6, 6.07) is 7.75. The number of hydrogen-bond acceptors (Lipinski definition) is 5. The second kappa shape index (κ2) is 6.31. The molecular formula is C17H17N5O3. The summed E-state index contributed by atoms with van der Waals surface area (Å²) < 4.78 is 1.62. The van der Waals surface area contributed by atoms with Gasteiger partial charge in [0.1, 0.15) is 5.69 Å². The molecule has 0 spiro atoms. The van der Waals surface area contributed by atoms with Crippen molar-refractivity contribution in [2.24, 2.45) is 0 Å². The molecule has 1 N–H and O–H groups in total. The van der Waals surface area contributed by atoms with Gasteiger partial charge in [0.25, 0.3) is 11.6 Å². The number of nitro benzene ring substituents is 1. The summed E-state index contributed by atoms with van der Waals surface area (Å²) in [6.45, 7) is 5.66. The van der Waals surface area contributed by atoms with Crippen molar-refractivity contribution in [1.82, 2.24) is 14.8 Å². The summed E-state index contributed by atoms with van der Waals surface area (Å²) in [5, 5.41) is 18.5. The minimum absolute atomic E-state index is 0.0350. The monoisotopic (exact) mass is 339 g/mol. The van der Waals surface area contributed by atoms with Gasteiger partial charge in [0.15, 0.2) is 0 Å². The normalized spacial score (nSPS) is 11.0. The summed E-state index contributed by atoms with van der Waals surface area (Å²) >= 11 is 0. The molecule has 0 unspecified atom stereocenters. The number of benzene rings is 1. The zero-order valence-electron chi connectivity index (χ0n) is 14.1. The van der Waals surface area contributed by atoms with Gasteiger partial charge in [-0.15, -0.1) is 0 Å². The molecule has 25 heavy (non-hydrogen) atoms. The fourth-order valence-electron chi connectivity index (χ4n) is 2.66. The second-order valence-corrected chi connectivity index (χ2v) is 5.98. The molecule has 128 valence electrons. The molecule has 2 aromatic heterocycles. The van der Waals surface area contributed by atoms with Crippen molar-refractivity contribution < 1.29 is 9.72 Å². The molecule has 2 heterocycles. The first-order valence-corrected chi connectivity index (χ1v) is 7.77. The number of nitrogens with one attached hydrogen (secondary N) is 1. The third-order valence-electron chi connectivity index (χ3n) is 3.77. The zero-order valence-corrected chi connectivity index (χ0v) is 14.1. The zero-order chi connectivity index (χ0) is 18.1. The molecule has 1 amide bonds. The van der Waals surface area contributed by atoms with Crippen LogP contribution in [-0.4, -0.2) is 25.6 Å². The second-order valence-electron chi connectivity index (χ2n) is 5.98. The van der Waals surface area contributed by atoms with Gasteiger partial charge in [-0.1, -0.05) is 0 Å². The third-order valence-corrected chi connectivity index (χ3v) is 3.77. The lowest BCUT2D eigenvalue weighted by Gasteiger charge is -2.13. The number of nitro groups is 1. The number of anilines is 1. The molecule has 0 saturated carbocycles. The number of non-ortho nitro benzene ring substituents is 1. The first kappa shape index (κ1) is 16.6. The highest BCUT2D eigenvalue weighted by molar-refractivity contribution is 6.08. The summed E-state index contributed by atoms with van der Waals surface area (Å²) in [5.74, 6) is -0.329. The molecule has 3 rings (SSSR count). The SMILES string of the molecule is Cc1cc(NC(=O)c2ccnn2C(C)C)c2cc([N+](=O)[O-])ccc2n1.